The van der Waals surface area contributed by atoms with Crippen LogP contribution < -0.4 is 0 Å². The highest BCUT2D eigenvalue weighted by molar-refractivity contribution is 6.29. The zero-order valence-corrected chi connectivity index (χ0v) is 4.37. The van der Waals surface area contributed by atoms with Gasteiger partial charge in [0.1, 0.15) is 5.16 Å². The molecule has 0 saturated heterocycles. The summed E-state index contributed by atoms with van der Waals surface area (Å²) in [7, 11) is 0. The van der Waals surface area contributed by atoms with Gasteiger partial charge in [0.25, 0.3) is 0 Å². The molecule has 0 amide bonds. The summed E-state index contributed by atoms with van der Waals surface area (Å²) in [5, 5.41) is 0.331. The highest BCUT2D eigenvalue weighted by atomic mass is 35.5. The van der Waals surface area contributed by atoms with Crippen LogP contribution in [0.5, 0.6) is 0 Å². The Morgan fingerprint density at radius 2 is 2.50 bits per heavy atom. The molecule has 0 spiro atoms. The highest BCUT2D eigenvalue weighted by Crippen LogP contribution is 1.93. The molecule has 0 aromatic rings. The Hall–Kier alpha value is -0.300. The van der Waals surface area contributed by atoms with E-state index in [0.29, 0.717) is 5.16 Å². The normalized spacial score (nSPS) is 9.67. The lowest BCUT2D eigenvalue weighted by atomic mass is 10.9. The van der Waals surface area contributed by atoms with Gasteiger partial charge in [-0.25, -0.2) is 4.99 Å². The second-order valence-corrected chi connectivity index (χ2v) is 1.20. The van der Waals surface area contributed by atoms with E-state index >= 15 is 0 Å². The van der Waals surface area contributed by atoms with Crippen molar-refractivity contribution in [2.24, 2.45) is 4.99 Å². The minimum Gasteiger partial charge on any atom is -0.250 e. The average molecular weight is 104 g/mol. The molecule has 0 saturated carbocycles. The van der Waals surface area contributed by atoms with Crippen LogP contribution in [0.2, 0.25) is 0 Å². The second kappa shape index (κ2) is 2.91. The topological polar surface area (TPSA) is 12.4 Å². The molecule has 0 fully saturated rings. The maximum absolute atomic E-state index is 5.19. The summed E-state index contributed by atoms with van der Waals surface area (Å²) in [6.45, 7) is 5.10. The van der Waals surface area contributed by atoms with Crippen LogP contribution >= 0.6 is 11.6 Å². The molecule has 0 aliphatic rings. The fraction of sp³-hybridized carbons (Fsp3) is 0.250. The molecule has 0 radical (unpaired) electrons. The van der Waals surface area contributed by atoms with Crippen molar-refractivity contribution >= 4 is 17.8 Å². The minimum atomic E-state index is 0.331. The van der Waals surface area contributed by atoms with Gasteiger partial charge in [-0.2, -0.15) is 0 Å². The first-order valence-electron chi connectivity index (χ1n) is 1.60. The molecule has 0 aliphatic carbocycles. The van der Waals surface area contributed by atoms with Crippen LogP contribution in [0, 0.1) is 0 Å². The van der Waals surface area contributed by atoms with Gasteiger partial charge in [-0.15, -0.1) is 0 Å². The van der Waals surface area contributed by atoms with E-state index in [1.807, 2.05) is 0 Å². The SMILES string of the molecule is C=C(Cl)N=CC. The predicted octanol–water partition coefficient (Wildman–Crippen LogP) is 1.79. The Morgan fingerprint density at radius 1 is 2.00 bits per heavy atom. The van der Waals surface area contributed by atoms with Gasteiger partial charge in [0, 0.05) is 6.21 Å². The molecule has 0 rings (SSSR count). The Labute approximate surface area is 42.3 Å². The molecule has 0 N–H and O–H groups in total. The number of aliphatic imine (C=N–C) groups is 1. The summed E-state index contributed by atoms with van der Waals surface area (Å²) in [5.41, 5.74) is 0. The molecular weight excluding hydrogens is 97.5 g/mol. The molecule has 2 heteroatoms. The van der Waals surface area contributed by atoms with Crippen molar-refractivity contribution in [1.82, 2.24) is 0 Å². The molecular formula is C4H6ClN. The minimum absolute atomic E-state index is 0.331. The van der Waals surface area contributed by atoms with Gasteiger partial charge < -0.3 is 0 Å². The van der Waals surface area contributed by atoms with Crippen molar-refractivity contribution in [2.75, 3.05) is 0 Å². The molecule has 0 unspecified atom stereocenters. The van der Waals surface area contributed by atoms with E-state index in [1.165, 1.54) is 0 Å². The molecule has 34 valence electrons. The van der Waals surface area contributed by atoms with Crippen LogP contribution in [0.4, 0.5) is 0 Å². The summed E-state index contributed by atoms with van der Waals surface area (Å²) in [4.78, 5) is 3.57. The van der Waals surface area contributed by atoms with Crippen LogP contribution in [-0.4, -0.2) is 6.21 Å². The standard InChI is InChI=1S/C4H6ClN/c1-3-6-4(2)5/h3H,2H2,1H3. The van der Waals surface area contributed by atoms with Crippen LogP contribution in [-0.2, 0) is 0 Å². The van der Waals surface area contributed by atoms with Crippen LogP contribution in [0.1, 0.15) is 6.92 Å². The molecule has 0 aliphatic heterocycles. The third-order valence-corrected chi connectivity index (χ3v) is 0.367. The first-order chi connectivity index (χ1) is 2.77. The molecule has 0 aromatic carbocycles. The number of rotatable bonds is 1. The molecule has 0 heterocycles. The van der Waals surface area contributed by atoms with Gasteiger partial charge in [-0.05, 0) is 6.92 Å². The third-order valence-electron chi connectivity index (χ3n) is 0.269. The predicted molar refractivity (Wildman–Crippen MR) is 29.2 cm³/mol. The quantitative estimate of drug-likeness (QED) is 0.354. The molecule has 1 nitrogen and oxygen atoms in total. The summed E-state index contributed by atoms with van der Waals surface area (Å²) >= 11 is 5.19. The van der Waals surface area contributed by atoms with Gasteiger partial charge >= 0.3 is 0 Å². The van der Waals surface area contributed by atoms with Crippen molar-refractivity contribution in [3.63, 3.8) is 0 Å². The van der Waals surface area contributed by atoms with E-state index in [-0.39, 0.29) is 0 Å². The summed E-state index contributed by atoms with van der Waals surface area (Å²) in [5.74, 6) is 0. The van der Waals surface area contributed by atoms with E-state index in [2.05, 4.69) is 11.6 Å². The van der Waals surface area contributed by atoms with Crippen molar-refractivity contribution in [3.8, 4) is 0 Å². The van der Waals surface area contributed by atoms with E-state index in [0.717, 1.165) is 0 Å². The lowest BCUT2D eigenvalue weighted by molar-refractivity contribution is 1.55. The van der Waals surface area contributed by atoms with Gasteiger partial charge in [0.15, 0.2) is 0 Å². The fourth-order valence-electron chi connectivity index (χ4n) is 0.140. The third kappa shape index (κ3) is 3.70. The molecule has 0 aromatic heterocycles. The van der Waals surface area contributed by atoms with Crippen LogP contribution in [0.3, 0.4) is 0 Å². The number of halogens is 1. The Kier molecular flexibility index (Phi) is 2.77. The van der Waals surface area contributed by atoms with E-state index in [4.69, 9.17) is 11.6 Å². The van der Waals surface area contributed by atoms with Gasteiger partial charge in [-0.3, -0.25) is 0 Å². The Morgan fingerprint density at radius 3 is 2.50 bits per heavy atom. The second-order valence-electron chi connectivity index (χ2n) is 0.764. The first kappa shape index (κ1) is 5.70. The van der Waals surface area contributed by atoms with E-state index in [9.17, 15) is 0 Å². The van der Waals surface area contributed by atoms with Gasteiger partial charge in [0.2, 0.25) is 0 Å². The number of hydrogen-bond acceptors (Lipinski definition) is 1. The maximum atomic E-state index is 5.19. The zero-order chi connectivity index (χ0) is 4.99. The van der Waals surface area contributed by atoms with Gasteiger partial charge in [0.05, 0.1) is 0 Å². The Bertz CT molecular complexity index is 75.6. The van der Waals surface area contributed by atoms with Crippen LogP contribution in [0.15, 0.2) is 16.7 Å². The number of nitrogens with zero attached hydrogens (tertiary/aromatic N) is 1. The molecule has 6 heavy (non-hydrogen) atoms. The summed E-state index contributed by atoms with van der Waals surface area (Å²) in [6.07, 6.45) is 1.59. The zero-order valence-electron chi connectivity index (χ0n) is 3.61. The van der Waals surface area contributed by atoms with Crippen molar-refractivity contribution in [2.45, 2.75) is 6.92 Å². The highest BCUT2D eigenvalue weighted by Gasteiger charge is 1.67. The van der Waals surface area contributed by atoms with E-state index < -0.39 is 0 Å². The fourth-order valence-corrected chi connectivity index (χ4v) is 0.238. The van der Waals surface area contributed by atoms with Crippen molar-refractivity contribution in [3.05, 3.63) is 11.7 Å². The smallest absolute Gasteiger partial charge is 0.121 e. The summed E-state index contributed by atoms with van der Waals surface area (Å²) in [6, 6.07) is 0. The molecule has 0 bridgehead atoms. The largest absolute Gasteiger partial charge is 0.250 e. The Balaban J connectivity index is 3.30. The lowest BCUT2D eigenvalue weighted by Gasteiger charge is -1.73. The lowest BCUT2D eigenvalue weighted by Crippen LogP contribution is -1.56. The van der Waals surface area contributed by atoms with Gasteiger partial charge in [-0.1, -0.05) is 18.2 Å². The summed E-state index contributed by atoms with van der Waals surface area (Å²) < 4.78 is 0. The average Bonchev–Trinajstić information content (AvgIpc) is 1.35. The van der Waals surface area contributed by atoms with E-state index in [1.54, 1.807) is 13.1 Å². The monoisotopic (exact) mass is 103 g/mol. The van der Waals surface area contributed by atoms with Crippen molar-refractivity contribution in [1.29, 1.82) is 0 Å². The van der Waals surface area contributed by atoms with Crippen molar-refractivity contribution < 1.29 is 0 Å². The first-order valence-corrected chi connectivity index (χ1v) is 1.98. The maximum Gasteiger partial charge on any atom is 0.121 e. The van der Waals surface area contributed by atoms with Crippen LogP contribution in [0.25, 0.3) is 0 Å². The number of hydrogen-bond donors (Lipinski definition) is 0. The molecule has 0 atom stereocenters.